The van der Waals surface area contributed by atoms with Crippen LogP contribution in [0.15, 0.2) is 60.7 Å². The van der Waals surface area contributed by atoms with Gasteiger partial charge in [-0.2, -0.15) is 0 Å². The highest BCUT2D eigenvalue weighted by molar-refractivity contribution is 5.86. The molecular weight excluding hydrogens is 558 g/mol. The number of nitrogens with two attached hydrogens (primary N) is 3. The van der Waals surface area contributed by atoms with Crippen LogP contribution < -0.4 is 22.5 Å². The van der Waals surface area contributed by atoms with E-state index in [4.69, 9.17) is 17.2 Å². The molecule has 244 valence electrons. The monoisotopic (exact) mass is 611 g/mol. The average molecular weight is 612 g/mol. The summed E-state index contributed by atoms with van der Waals surface area (Å²) in [5.41, 5.74) is 17.0. The van der Waals surface area contributed by atoms with Gasteiger partial charge in [-0.3, -0.25) is 19.3 Å². The number of amides is 3. The van der Waals surface area contributed by atoms with E-state index in [0.29, 0.717) is 39.0 Å². The zero-order valence-electron chi connectivity index (χ0n) is 26.7. The number of aliphatic hydroxyl groups is 1. The molecule has 3 amide bonds. The van der Waals surface area contributed by atoms with Gasteiger partial charge in [-0.25, -0.2) is 0 Å². The first-order chi connectivity index (χ1) is 21.0. The second-order valence-corrected chi connectivity index (χ2v) is 11.5. The largest absolute Gasteiger partial charge is 0.374 e. The SMILES string of the molecule is C[C@@H](c1ccccc1)N(CC(=O)N(CC(C)(O)N(CCCCN)CC(N)=O)[C@@H](C)c1ccccc1)C(=O)CNCCCCN. The summed E-state index contributed by atoms with van der Waals surface area (Å²) in [6.45, 7) is 7.05. The van der Waals surface area contributed by atoms with E-state index >= 15 is 0 Å². The lowest BCUT2D eigenvalue weighted by molar-refractivity contribution is -0.155. The Labute approximate surface area is 262 Å². The summed E-state index contributed by atoms with van der Waals surface area (Å²) < 4.78 is 0. The number of hydrogen-bond acceptors (Lipinski definition) is 8. The molecule has 1 unspecified atom stereocenters. The molecule has 0 aliphatic heterocycles. The Bertz CT molecular complexity index is 1130. The Kier molecular flexibility index (Phi) is 16.0. The van der Waals surface area contributed by atoms with Crippen LogP contribution in [0.25, 0.3) is 0 Å². The normalized spacial score (nSPS) is 14.1. The van der Waals surface area contributed by atoms with Crippen LogP contribution in [0.4, 0.5) is 0 Å². The van der Waals surface area contributed by atoms with Crippen LogP contribution in [-0.2, 0) is 14.4 Å². The molecule has 0 aliphatic rings. The number of carbonyl (C=O) groups excluding carboxylic acids is 3. The summed E-state index contributed by atoms with van der Waals surface area (Å²) in [4.78, 5) is 44.6. The van der Waals surface area contributed by atoms with Gasteiger partial charge in [-0.15, -0.1) is 0 Å². The van der Waals surface area contributed by atoms with Crippen LogP contribution in [0.5, 0.6) is 0 Å². The van der Waals surface area contributed by atoms with Gasteiger partial charge in [-0.05, 0) is 77.2 Å². The number of nitrogens with one attached hydrogen (secondary N) is 1. The molecule has 0 spiro atoms. The zero-order valence-corrected chi connectivity index (χ0v) is 26.7. The second-order valence-electron chi connectivity index (χ2n) is 11.5. The van der Waals surface area contributed by atoms with Gasteiger partial charge in [-0.1, -0.05) is 60.7 Å². The molecule has 0 heterocycles. The summed E-state index contributed by atoms with van der Waals surface area (Å²) in [6.07, 6.45) is 3.07. The first-order valence-corrected chi connectivity index (χ1v) is 15.6. The van der Waals surface area contributed by atoms with Crippen molar-refractivity contribution in [3.8, 4) is 0 Å². The van der Waals surface area contributed by atoms with E-state index in [1.807, 2.05) is 74.5 Å². The fourth-order valence-electron chi connectivity index (χ4n) is 5.18. The van der Waals surface area contributed by atoms with Crippen molar-refractivity contribution in [3.05, 3.63) is 71.8 Å². The highest BCUT2D eigenvalue weighted by atomic mass is 16.3. The van der Waals surface area contributed by atoms with Crippen molar-refractivity contribution in [1.82, 2.24) is 20.0 Å². The fourth-order valence-corrected chi connectivity index (χ4v) is 5.18. The summed E-state index contributed by atoms with van der Waals surface area (Å²) in [6, 6.07) is 18.3. The predicted octanol–water partition coefficient (Wildman–Crippen LogP) is 1.73. The van der Waals surface area contributed by atoms with Crippen molar-refractivity contribution in [2.75, 3.05) is 52.4 Å². The van der Waals surface area contributed by atoms with Crippen molar-refractivity contribution >= 4 is 17.7 Å². The quantitative estimate of drug-likeness (QED) is 0.105. The lowest BCUT2D eigenvalue weighted by Gasteiger charge is -2.42. The van der Waals surface area contributed by atoms with Gasteiger partial charge >= 0.3 is 0 Å². The van der Waals surface area contributed by atoms with E-state index in [9.17, 15) is 19.5 Å². The van der Waals surface area contributed by atoms with Crippen LogP contribution in [0.2, 0.25) is 0 Å². The third-order valence-corrected chi connectivity index (χ3v) is 7.91. The molecule has 3 atom stereocenters. The Balaban J connectivity index is 2.41. The van der Waals surface area contributed by atoms with Gasteiger partial charge in [0.05, 0.1) is 31.7 Å². The van der Waals surface area contributed by atoms with Crippen molar-refractivity contribution in [1.29, 1.82) is 0 Å². The Morgan fingerprint density at radius 3 is 1.84 bits per heavy atom. The van der Waals surface area contributed by atoms with Crippen LogP contribution in [0.1, 0.15) is 69.7 Å². The molecule has 0 fully saturated rings. The minimum Gasteiger partial charge on any atom is -0.374 e. The molecule has 0 aromatic heterocycles. The van der Waals surface area contributed by atoms with E-state index in [1.165, 1.54) is 0 Å². The van der Waals surface area contributed by atoms with Crippen LogP contribution >= 0.6 is 0 Å². The van der Waals surface area contributed by atoms with Crippen LogP contribution in [0, 0.1) is 0 Å². The van der Waals surface area contributed by atoms with Crippen molar-refractivity contribution in [3.63, 3.8) is 0 Å². The summed E-state index contributed by atoms with van der Waals surface area (Å²) >= 11 is 0. The van der Waals surface area contributed by atoms with Gasteiger partial charge in [0, 0.05) is 6.54 Å². The smallest absolute Gasteiger partial charge is 0.242 e. The fraction of sp³-hybridized carbons (Fsp3) is 0.545. The predicted molar refractivity (Wildman–Crippen MR) is 174 cm³/mol. The second kappa shape index (κ2) is 19.1. The van der Waals surface area contributed by atoms with E-state index in [2.05, 4.69) is 5.32 Å². The molecule has 2 aromatic rings. The first kappa shape index (κ1) is 36.8. The van der Waals surface area contributed by atoms with E-state index in [-0.39, 0.29) is 44.0 Å². The van der Waals surface area contributed by atoms with E-state index in [0.717, 1.165) is 24.0 Å². The number of primary amides is 1. The van der Waals surface area contributed by atoms with Crippen molar-refractivity contribution in [2.24, 2.45) is 17.2 Å². The standard InChI is InChI=1S/C33H53N7O4/c1-26(28-14-6-4-7-15-28)39(31(42)22-37-20-12-10-18-34)24-32(43)40(27(2)29-16-8-5-9-17-29)25-33(3,44)38(23-30(36)41)21-13-11-19-35/h4-9,14-17,26-27,37,44H,10-13,18-25,34-35H2,1-3H3,(H2,36,41)/t26-,27-,33?/m0/s1. The third-order valence-electron chi connectivity index (χ3n) is 7.91. The number of rotatable bonds is 21. The molecule has 2 rings (SSSR count). The number of benzene rings is 2. The number of hydrogen-bond donors (Lipinski definition) is 5. The average Bonchev–Trinajstić information content (AvgIpc) is 3.01. The Morgan fingerprint density at radius 1 is 0.795 bits per heavy atom. The first-order valence-electron chi connectivity index (χ1n) is 15.6. The molecule has 0 bridgehead atoms. The molecule has 8 N–H and O–H groups in total. The van der Waals surface area contributed by atoms with Gasteiger partial charge in [0.15, 0.2) is 0 Å². The van der Waals surface area contributed by atoms with Crippen LogP contribution in [-0.4, -0.2) is 95.6 Å². The van der Waals surface area contributed by atoms with Crippen molar-refractivity contribution < 1.29 is 19.5 Å². The molecular formula is C33H53N7O4. The third kappa shape index (κ3) is 12.0. The molecule has 11 heteroatoms. The Morgan fingerprint density at radius 2 is 1.32 bits per heavy atom. The van der Waals surface area contributed by atoms with Crippen molar-refractivity contribution in [2.45, 2.75) is 64.3 Å². The molecule has 44 heavy (non-hydrogen) atoms. The molecule has 2 aromatic carbocycles. The highest BCUT2D eigenvalue weighted by Gasteiger charge is 2.37. The number of nitrogens with zero attached hydrogens (tertiary/aromatic N) is 3. The maximum absolute atomic E-state index is 14.3. The lowest BCUT2D eigenvalue weighted by atomic mass is 10.0. The van der Waals surface area contributed by atoms with Gasteiger partial charge in [0.25, 0.3) is 0 Å². The van der Waals surface area contributed by atoms with Crippen LogP contribution in [0.3, 0.4) is 0 Å². The summed E-state index contributed by atoms with van der Waals surface area (Å²) in [7, 11) is 0. The minimum absolute atomic E-state index is 0.0779. The molecule has 0 saturated heterocycles. The summed E-state index contributed by atoms with van der Waals surface area (Å²) in [5.74, 6) is -1.13. The maximum atomic E-state index is 14.3. The molecule has 0 saturated carbocycles. The summed E-state index contributed by atoms with van der Waals surface area (Å²) in [5, 5.41) is 14.9. The maximum Gasteiger partial charge on any atom is 0.242 e. The topological polar surface area (TPSA) is 171 Å². The highest BCUT2D eigenvalue weighted by Crippen LogP contribution is 2.26. The Hall–Kier alpha value is -3.35. The van der Waals surface area contributed by atoms with Gasteiger partial charge in [0.2, 0.25) is 17.7 Å². The molecule has 11 nitrogen and oxygen atoms in total. The number of carbonyl (C=O) groups is 3. The molecule has 0 aliphatic carbocycles. The number of unbranched alkanes of at least 4 members (excludes halogenated alkanes) is 2. The van der Waals surface area contributed by atoms with Gasteiger partial charge < -0.3 is 37.4 Å². The minimum atomic E-state index is -1.59. The van der Waals surface area contributed by atoms with E-state index in [1.54, 1.807) is 21.6 Å². The van der Waals surface area contributed by atoms with Gasteiger partial charge in [0.1, 0.15) is 12.3 Å². The van der Waals surface area contributed by atoms with E-state index < -0.39 is 17.7 Å². The zero-order chi connectivity index (χ0) is 32.5. The molecule has 0 radical (unpaired) electrons. The lowest BCUT2D eigenvalue weighted by Crippen LogP contribution is -2.58.